The summed E-state index contributed by atoms with van der Waals surface area (Å²) in [6.45, 7) is 27.5. The summed E-state index contributed by atoms with van der Waals surface area (Å²) in [5.41, 5.74) is -2.10. The van der Waals surface area contributed by atoms with Crippen molar-refractivity contribution in [2.24, 2.45) is 5.41 Å². The minimum Gasteiger partial charge on any atom is -0.444 e. The van der Waals surface area contributed by atoms with Gasteiger partial charge in [0.05, 0.1) is 22.4 Å². The summed E-state index contributed by atoms with van der Waals surface area (Å²) in [5.74, 6) is -0.0821. The third-order valence-electron chi connectivity index (χ3n) is 11.4. The minimum atomic E-state index is -0.616. The van der Waals surface area contributed by atoms with Crippen LogP contribution in [0.4, 0.5) is 4.79 Å². The van der Waals surface area contributed by atoms with E-state index in [-0.39, 0.29) is 22.6 Å². The van der Waals surface area contributed by atoms with E-state index in [9.17, 15) is 4.79 Å². The van der Waals surface area contributed by atoms with Crippen molar-refractivity contribution < 1.29 is 28.1 Å². The molecule has 226 valence electrons. The Labute approximate surface area is 248 Å². The number of amides is 1. The number of nitrogens with zero attached hydrogens (tertiary/aromatic N) is 1. The van der Waals surface area contributed by atoms with Gasteiger partial charge in [-0.25, -0.2) is 4.79 Å². The van der Waals surface area contributed by atoms with Crippen LogP contribution in [0.5, 0.6) is 0 Å². The molecule has 5 fully saturated rings. The fourth-order valence-electron chi connectivity index (χ4n) is 7.35. The number of rotatable bonds is 6. The fraction of sp³-hybridized carbons (Fsp3) is 0.781. The van der Waals surface area contributed by atoms with Gasteiger partial charge in [0.15, 0.2) is 0 Å². The van der Waals surface area contributed by atoms with Crippen molar-refractivity contribution in [1.82, 2.24) is 4.90 Å². The molecule has 3 saturated carbocycles. The van der Waals surface area contributed by atoms with E-state index in [1.54, 1.807) is 0 Å². The molecule has 41 heavy (non-hydrogen) atoms. The molecule has 6 rings (SSSR count). The van der Waals surface area contributed by atoms with Gasteiger partial charge in [-0.3, -0.25) is 4.90 Å². The van der Waals surface area contributed by atoms with Gasteiger partial charge in [0.25, 0.3) is 0 Å². The quantitative estimate of drug-likeness (QED) is 0.337. The van der Waals surface area contributed by atoms with E-state index in [1.165, 1.54) is 0 Å². The van der Waals surface area contributed by atoms with Crippen molar-refractivity contribution in [3.63, 3.8) is 0 Å². The average molecular weight is 567 g/mol. The highest BCUT2D eigenvalue weighted by molar-refractivity contribution is 6.53. The first-order chi connectivity index (χ1) is 18.5. The van der Waals surface area contributed by atoms with Crippen molar-refractivity contribution in [3.05, 3.63) is 35.9 Å². The number of carbonyl (C=O) groups excluding carboxylic acids is 1. The molecule has 5 aliphatic rings. The highest BCUT2D eigenvalue weighted by Gasteiger charge is 2.88. The second-order valence-corrected chi connectivity index (χ2v) is 16.6. The van der Waals surface area contributed by atoms with Crippen LogP contribution in [0.2, 0.25) is 11.1 Å². The topological polar surface area (TPSA) is 66.5 Å². The van der Waals surface area contributed by atoms with Gasteiger partial charge in [-0.1, -0.05) is 44.2 Å². The smallest absolute Gasteiger partial charge is 0.444 e. The molecule has 1 amide bonds. The Bertz CT molecular complexity index is 1150. The van der Waals surface area contributed by atoms with Gasteiger partial charge < -0.3 is 23.4 Å². The van der Waals surface area contributed by atoms with E-state index >= 15 is 0 Å². The summed E-state index contributed by atoms with van der Waals surface area (Å²) < 4.78 is 32.9. The van der Waals surface area contributed by atoms with Crippen molar-refractivity contribution in [2.45, 2.75) is 154 Å². The SMILES string of the molecule is CC(C)(C)OC(=O)N(Cc1ccccc1)C12CC(C(C)(C)B3OC(C)(C)C(C)(C)O3)(C1)C2B1OC(C)(C)C(C)(C)O1. The van der Waals surface area contributed by atoms with Crippen LogP contribution in [0.15, 0.2) is 30.3 Å². The highest BCUT2D eigenvalue weighted by atomic mass is 16.7. The van der Waals surface area contributed by atoms with Crippen molar-refractivity contribution in [1.29, 1.82) is 0 Å². The summed E-state index contributed by atoms with van der Waals surface area (Å²) in [4.78, 5) is 16.0. The average Bonchev–Trinajstić information content (AvgIpc) is 3.10. The molecule has 1 atom stereocenters. The maximum absolute atomic E-state index is 14.0. The van der Waals surface area contributed by atoms with Crippen LogP contribution < -0.4 is 0 Å². The highest BCUT2D eigenvalue weighted by Crippen LogP contribution is 2.87. The van der Waals surface area contributed by atoms with E-state index in [0.717, 1.165) is 18.4 Å². The Hall–Kier alpha value is -1.54. The summed E-state index contributed by atoms with van der Waals surface area (Å²) in [6.07, 6.45) is 1.31. The van der Waals surface area contributed by atoms with Gasteiger partial charge in [-0.05, 0) is 100.0 Å². The Morgan fingerprint density at radius 1 is 0.829 bits per heavy atom. The molecule has 1 unspecified atom stereocenters. The third kappa shape index (κ3) is 4.51. The molecule has 7 nitrogen and oxygen atoms in total. The molecule has 9 heteroatoms. The van der Waals surface area contributed by atoms with E-state index in [2.05, 4.69) is 81.4 Å². The third-order valence-corrected chi connectivity index (χ3v) is 11.4. The van der Waals surface area contributed by atoms with Crippen LogP contribution in [0, 0.1) is 5.41 Å². The van der Waals surface area contributed by atoms with E-state index in [4.69, 9.17) is 23.4 Å². The molecule has 0 radical (unpaired) electrons. The predicted molar refractivity (Wildman–Crippen MR) is 163 cm³/mol. The van der Waals surface area contributed by atoms with Crippen molar-refractivity contribution in [2.75, 3.05) is 0 Å². The Morgan fingerprint density at radius 2 is 1.29 bits per heavy atom. The van der Waals surface area contributed by atoms with Crippen molar-refractivity contribution in [3.8, 4) is 0 Å². The number of benzene rings is 1. The lowest BCUT2D eigenvalue weighted by Crippen LogP contribution is -2.85. The Balaban J connectivity index is 1.55. The van der Waals surface area contributed by atoms with Crippen molar-refractivity contribution >= 4 is 20.3 Å². The van der Waals surface area contributed by atoms with Gasteiger partial charge in [0.2, 0.25) is 0 Å². The molecule has 1 aromatic carbocycles. The summed E-state index contributed by atoms with van der Waals surface area (Å²) in [7, 11) is -0.885. The molecule has 3 aliphatic carbocycles. The van der Waals surface area contributed by atoms with Crippen LogP contribution in [-0.4, -0.2) is 58.8 Å². The predicted octanol–water partition coefficient (Wildman–Crippen LogP) is 7.29. The van der Waals surface area contributed by atoms with Crippen LogP contribution in [0.1, 0.15) is 108 Å². The standard InChI is InChI=1S/C32H51B2NO6/c1-25(2,3)37-24(36)35(19-22-17-15-14-16-18-22)32-20-31(21-32,23(32)33-38-27(6,7)28(8,9)39-33)26(4,5)34-40-29(10,11)30(12,13)41-34/h14-18,23H,19-21H2,1-13H3. The van der Waals surface area contributed by atoms with Gasteiger partial charge >= 0.3 is 20.3 Å². The number of ether oxygens (including phenoxy) is 1. The van der Waals surface area contributed by atoms with Crippen LogP contribution >= 0.6 is 0 Å². The molecule has 0 N–H and O–H groups in total. The first kappa shape index (κ1) is 30.9. The van der Waals surface area contributed by atoms with Crippen LogP contribution in [0.25, 0.3) is 0 Å². The van der Waals surface area contributed by atoms with Crippen LogP contribution in [-0.2, 0) is 29.9 Å². The molecule has 2 bridgehead atoms. The lowest BCUT2D eigenvalue weighted by Gasteiger charge is -2.82. The molecule has 2 heterocycles. The largest absolute Gasteiger partial charge is 0.464 e. The summed E-state index contributed by atoms with van der Waals surface area (Å²) >= 11 is 0. The molecule has 2 aliphatic heterocycles. The number of hydrogen-bond acceptors (Lipinski definition) is 6. The zero-order valence-electron chi connectivity index (χ0n) is 27.6. The second kappa shape index (κ2) is 8.99. The first-order valence-corrected chi connectivity index (χ1v) is 15.3. The molecule has 2 saturated heterocycles. The normalized spacial score (nSPS) is 32.8. The van der Waals surface area contributed by atoms with Gasteiger partial charge in [-0.15, -0.1) is 0 Å². The molecule has 0 aromatic heterocycles. The Morgan fingerprint density at radius 3 is 1.76 bits per heavy atom. The summed E-state index contributed by atoms with van der Waals surface area (Å²) in [5, 5.41) is -0.375. The second-order valence-electron chi connectivity index (χ2n) is 16.6. The first-order valence-electron chi connectivity index (χ1n) is 15.3. The van der Waals surface area contributed by atoms with Gasteiger partial charge in [0.1, 0.15) is 5.60 Å². The summed E-state index contributed by atoms with van der Waals surface area (Å²) in [6, 6.07) is 10.2. The lowest BCUT2D eigenvalue weighted by molar-refractivity contribution is -0.241. The maximum atomic E-state index is 14.0. The van der Waals surface area contributed by atoms with Crippen LogP contribution in [0.3, 0.4) is 0 Å². The lowest BCUT2D eigenvalue weighted by atomic mass is 9.16. The number of hydrogen-bond donors (Lipinski definition) is 0. The Kier molecular flexibility index (Phi) is 6.78. The number of carbonyl (C=O) groups is 1. The fourth-order valence-corrected chi connectivity index (χ4v) is 7.35. The monoisotopic (exact) mass is 567 g/mol. The van der Waals surface area contributed by atoms with Gasteiger partial charge in [-0.2, -0.15) is 0 Å². The molecule has 0 spiro atoms. The maximum Gasteiger partial charge on any atom is 0.464 e. The van der Waals surface area contributed by atoms with E-state index in [0.29, 0.717) is 6.54 Å². The minimum absolute atomic E-state index is 0.0821. The molecular formula is C32H51B2NO6. The van der Waals surface area contributed by atoms with E-state index in [1.807, 2.05) is 43.9 Å². The zero-order chi connectivity index (χ0) is 30.7. The molecular weight excluding hydrogens is 516 g/mol. The van der Waals surface area contributed by atoms with E-state index < -0.39 is 47.8 Å². The van der Waals surface area contributed by atoms with Gasteiger partial charge in [0, 0.05) is 23.2 Å². The zero-order valence-corrected chi connectivity index (χ0v) is 27.6. The molecule has 1 aromatic rings.